The van der Waals surface area contributed by atoms with Crippen molar-refractivity contribution in [1.82, 2.24) is 9.29 Å². The highest BCUT2D eigenvalue weighted by molar-refractivity contribution is 7.89. The summed E-state index contributed by atoms with van der Waals surface area (Å²) in [4.78, 5) is 18.1. The molecule has 2 aliphatic heterocycles. The quantitative estimate of drug-likeness (QED) is 0.836. The van der Waals surface area contributed by atoms with Crippen molar-refractivity contribution in [2.75, 3.05) is 30.3 Å². The summed E-state index contributed by atoms with van der Waals surface area (Å²) in [5.74, 6) is 0.242. The molecule has 1 spiro atoms. The maximum absolute atomic E-state index is 12.3. The van der Waals surface area contributed by atoms with Crippen molar-refractivity contribution in [3.05, 3.63) is 24.5 Å². The number of pyridine rings is 1. The average Bonchev–Trinajstić information content (AvgIpc) is 3.04. The summed E-state index contributed by atoms with van der Waals surface area (Å²) >= 11 is 0. The van der Waals surface area contributed by atoms with Crippen molar-refractivity contribution < 1.29 is 13.2 Å². The van der Waals surface area contributed by atoms with Crippen molar-refractivity contribution in [3.8, 4) is 0 Å². The second kappa shape index (κ2) is 5.62. The highest BCUT2D eigenvalue weighted by Crippen LogP contribution is 2.42. The molecule has 1 atom stereocenters. The monoisotopic (exact) mass is 323 g/mol. The molecule has 6 nitrogen and oxygen atoms in total. The van der Waals surface area contributed by atoms with Crippen molar-refractivity contribution in [2.24, 2.45) is 5.41 Å². The van der Waals surface area contributed by atoms with Gasteiger partial charge in [-0.05, 0) is 25.0 Å². The summed E-state index contributed by atoms with van der Waals surface area (Å²) in [6.07, 6.45) is 5.14. The molecular formula is C15H21N3O3S. The van der Waals surface area contributed by atoms with Gasteiger partial charge in [-0.2, -0.15) is 0 Å². The maximum Gasteiger partial charge on any atom is 0.227 e. The Morgan fingerprint density at radius 3 is 2.86 bits per heavy atom. The number of carbonyl (C=O) groups is 1. The summed E-state index contributed by atoms with van der Waals surface area (Å²) in [5, 5.41) is 0. The fourth-order valence-electron chi connectivity index (χ4n) is 3.44. The molecule has 2 saturated heterocycles. The second-order valence-electron chi connectivity index (χ2n) is 6.27. The number of carbonyl (C=O) groups excluding carboxylic acids is 1. The predicted molar refractivity (Wildman–Crippen MR) is 83.9 cm³/mol. The van der Waals surface area contributed by atoms with E-state index < -0.39 is 10.0 Å². The molecule has 1 aromatic rings. The minimum Gasteiger partial charge on any atom is -0.310 e. The van der Waals surface area contributed by atoms with Gasteiger partial charge in [0.05, 0.1) is 17.6 Å². The number of hydrogen-bond acceptors (Lipinski definition) is 4. The van der Waals surface area contributed by atoms with E-state index in [-0.39, 0.29) is 17.1 Å². The third-order valence-electron chi connectivity index (χ3n) is 4.54. The lowest BCUT2D eigenvalue weighted by Crippen LogP contribution is -2.35. The number of aromatic nitrogens is 1. The van der Waals surface area contributed by atoms with Crippen LogP contribution >= 0.6 is 0 Å². The normalized spacial score (nSPS) is 26.2. The van der Waals surface area contributed by atoms with Crippen LogP contribution in [-0.4, -0.2) is 49.0 Å². The summed E-state index contributed by atoms with van der Waals surface area (Å²) < 4.78 is 26.0. The fraction of sp³-hybridized carbons (Fsp3) is 0.600. The minimum absolute atomic E-state index is 0.0581. The summed E-state index contributed by atoms with van der Waals surface area (Å²) in [6.45, 7) is 3.43. The second-order valence-corrected chi connectivity index (χ2v) is 8.36. The number of sulfonamides is 1. The van der Waals surface area contributed by atoms with Crippen LogP contribution in [0, 0.1) is 5.41 Å². The Kier molecular flexibility index (Phi) is 3.94. The van der Waals surface area contributed by atoms with Crippen LogP contribution in [0.2, 0.25) is 0 Å². The van der Waals surface area contributed by atoms with Gasteiger partial charge in [-0.15, -0.1) is 0 Å². The summed E-state index contributed by atoms with van der Waals surface area (Å²) in [7, 11) is -3.18. The minimum atomic E-state index is -3.18. The lowest BCUT2D eigenvalue weighted by Gasteiger charge is -2.24. The van der Waals surface area contributed by atoms with E-state index in [2.05, 4.69) is 4.98 Å². The largest absolute Gasteiger partial charge is 0.310 e. The molecule has 22 heavy (non-hydrogen) atoms. The van der Waals surface area contributed by atoms with Crippen LogP contribution in [-0.2, 0) is 14.8 Å². The van der Waals surface area contributed by atoms with Crippen molar-refractivity contribution >= 4 is 21.6 Å². The molecule has 2 aliphatic rings. The molecule has 3 heterocycles. The van der Waals surface area contributed by atoms with Crippen molar-refractivity contribution in [2.45, 2.75) is 26.2 Å². The van der Waals surface area contributed by atoms with Gasteiger partial charge >= 0.3 is 0 Å². The third kappa shape index (κ3) is 2.75. The Bertz CT molecular complexity index is 662. The van der Waals surface area contributed by atoms with Crippen molar-refractivity contribution in [1.29, 1.82) is 0 Å². The molecule has 7 heteroatoms. The number of anilines is 1. The number of rotatable bonds is 4. The van der Waals surface area contributed by atoms with Gasteiger partial charge in [0.25, 0.3) is 0 Å². The van der Waals surface area contributed by atoms with E-state index in [9.17, 15) is 13.2 Å². The van der Waals surface area contributed by atoms with Gasteiger partial charge in [0.1, 0.15) is 0 Å². The molecule has 0 aliphatic carbocycles. The Labute approximate surface area is 131 Å². The van der Waals surface area contributed by atoms with Crippen LogP contribution in [0.4, 0.5) is 5.69 Å². The van der Waals surface area contributed by atoms with Gasteiger partial charge in [0.15, 0.2) is 0 Å². The molecular weight excluding hydrogens is 302 g/mol. The van der Waals surface area contributed by atoms with Crippen LogP contribution in [0.25, 0.3) is 0 Å². The van der Waals surface area contributed by atoms with Gasteiger partial charge < -0.3 is 4.90 Å². The molecule has 120 valence electrons. The first-order valence-corrected chi connectivity index (χ1v) is 9.25. The predicted octanol–water partition coefficient (Wildman–Crippen LogP) is 1.25. The van der Waals surface area contributed by atoms with Gasteiger partial charge in [-0.1, -0.05) is 6.92 Å². The Morgan fingerprint density at radius 1 is 1.36 bits per heavy atom. The molecule has 1 aromatic heterocycles. The first kappa shape index (κ1) is 15.4. The lowest BCUT2D eigenvalue weighted by molar-refractivity contribution is -0.117. The first-order chi connectivity index (χ1) is 10.5. The van der Waals surface area contributed by atoms with Gasteiger partial charge in [0, 0.05) is 37.7 Å². The molecule has 0 bridgehead atoms. The van der Waals surface area contributed by atoms with Crippen molar-refractivity contribution in [3.63, 3.8) is 0 Å². The standard InChI is InChI=1S/C15H21N3O3S/c1-2-8-22(20,21)17-7-5-15(11-17)9-14(19)18(12-15)13-4-3-6-16-10-13/h3-4,6,10H,2,5,7-9,11-12H2,1H3/t15-/m1/s1. The Hall–Kier alpha value is -1.47. The van der Waals surface area contributed by atoms with Crippen LogP contribution in [0.5, 0.6) is 0 Å². The molecule has 0 radical (unpaired) electrons. The Morgan fingerprint density at radius 2 is 2.18 bits per heavy atom. The van der Waals surface area contributed by atoms with E-state index in [1.54, 1.807) is 27.7 Å². The highest BCUT2D eigenvalue weighted by Gasteiger charge is 2.49. The van der Waals surface area contributed by atoms with Gasteiger partial charge in [0.2, 0.25) is 15.9 Å². The van der Waals surface area contributed by atoms with Crippen LogP contribution in [0.3, 0.4) is 0 Å². The van der Waals surface area contributed by atoms with E-state index in [1.165, 1.54) is 0 Å². The highest BCUT2D eigenvalue weighted by atomic mass is 32.2. The average molecular weight is 323 g/mol. The lowest BCUT2D eigenvalue weighted by atomic mass is 9.86. The van der Waals surface area contributed by atoms with Crippen LogP contribution < -0.4 is 4.90 Å². The zero-order valence-electron chi connectivity index (χ0n) is 12.7. The molecule has 0 saturated carbocycles. The number of nitrogens with zero attached hydrogens (tertiary/aromatic N) is 3. The van der Waals surface area contributed by atoms with E-state index >= 15 is 0 Å². The van der Waals surface area contributed by atoms with Gasteiger partial charge in [-0.3, -0.25) is 9.78 Å². The molecule has 0 unspecified atom stereocenters. The van der Waals surface area contributed by atoms with E-state index in [4.69, 9.17) is 0 Å². The first-order valence-electron chi connectivity index (χ1n) is 7.64. The molecule has 1 amide bonds. The van der Waals surface area contributed by atoms with E-state index in [1.807, 2.05) is 13.0 Å². The third-order valence-corrected chi connectivity index (χ3v) is 6.56. The summed E-state index contributed by atoms with van der Waals surface area (Å²) in [6, 6.07) is 3.67. The zero-order valence-corrected chi connectivity index (χ0v) is 13.6. The zero-order chi connectivity index (χ0) is 15.8. The van der Waals surface area contributed by atoms with E-state index in [0.29, 0.717) is 32.5 Å². The SMILES string of the molecule is CCCS(=O)(=O)N1CC[C@@]2(CC(=O)N(c3cccnc3)C2)C1. The van der Waals surface area contributed by atoms with E-state index in [0.717, 1.165) is 12.1 Å². The number of hydrogen-bond donors (Lipinski definition) is 0. The molecule has 3 rings (SSSR count). The topological polar surface area (TPSA) is 70.6 Å². The smallest absolute Gasteiger partial charge is 0.227 e. The molecule has 0 N–H and O–H groups in total. The fourth-order valence-corrected chi connectivity index (χ4v) is 5.05. The van der Waals surface area contributed by atoms with Gasteiger partial charge in [-0.25, -0.2) is 12.7 Å². The molecule has 0 aromatic carbocycles. The maximum atomic E-state index is 12.3. The Balaban J connectivity index is 1.76. The number of amides is 1. The summed E-state index contributed by atoms with van der Waals surface area (Å²) in [5.41, 5.74) is 0.549. The molecule has 2 fully saturated rings. The van der Waals surface area contributed by atoms with Crippen LogP contribution in [0.15, 0.2) is 24.5 Å². The van der Waals surface area contributed by atoms with Crippen LogP contribution in [0.1, 0.15) is 26.2 Å².